The largest absolute Gasteiger partial charge is 0.370 e. The Hall–Kier alpha value is -0.810. The Morgan fingerprint density at radius 1 is 1.35 bits per heavy atom. The minimum atomic E-state index is 0.869. The van der Waals surface area contributed by atoms with E-state index in [4.69, 9.17) is 0 Å². The van der Waals surface area contributed by atoms with Crippen molar-refractivity contribution < 1.29 is 0 Å². The van der Waals surface area contributed by atoms with Crippen LogP contribution in [0.25, 0.3) is 10.2 Å². The minimum absolute atomic E-state index is 0.869. The number of rotatable bonds is 5. The summed E-state index contributed by atoms with van der Waals surface area (Å²) in [5.74, 6) is 2.77. The Morgan fingerprint density at radius 3 is 2.82 bits per heavy atom. The van der Waals surface area contributed by atoms with E-state index in [1.807, 2.05) is 0 Å². The van der Waals surface area contributed by atoms with Crippen LogP contribution in [0.15, 0.2) is 6.07 Å². The smallest absolute Gasteiger partial charge is 0.142 e. The van der Waals surface area contributed by atoms with Crippen molar-refractivity contribution in [3.05, 3.63) is 16.8 Å². The molecular weight excluding hydrogens is 250 g/mol. The Labute approximate surface area is 110 Å². The van der Waals surface area contributed by atoms with Crippen LogP contribution in [-0.2, 0) is 12.2 Å². The molecule has 0 aromatic carbocycles. The molecule has 2 aromatic rings. The van der Waals surface area contributed by atoms with E-state index >= 15 is 0 Å². The molecule has 0 saturated carbocycles. The van der Waals surface area contributed by atoms with Gasteiger partial charge in [0.25, 0.3) is 0 Å². The topological polar surface area (TPSA) is 37.8 Å². The highest BCUT2D eigenvalue weighted by molar-refractivity contribution is 7.97. The number of nitrogens with one attached hydrogen (secondary N) is 1. The summed E-state index contributed by atoms with van der Waals surface area (Å²) in [4.78, 5) is 11.7. The van der Waals surface area contributed by atoms with E-state index < -0.39 is 0 Å². The molecule has 0 atom stereocenters. The summed E-state index contributed by atoms with van der Waals surface area (Å²) in [6.45, 7) is 5.16. The van der Waals surface area contributed by atoms with E-state index in [1.54, 1.807) is 23.1 Å². The van der Waals surface area contributed by atoms with Crippen LogP contribution >= 0.6 is 23.1 Å². The molecular formula is C12H17N3S2. The predicted molar refractivity (Wildman–Crippen MR) is 78.2 cm³/mol. The second-order valence-corrected chi connectivity index (χ2v) is 5.72. The average Bonchev–Trinajstić information content (AvgIpc) is 2.73. The molecule has 0 spiro atoms. The maximum absolute atomic E-state index is 4.62. The van der Waals surface area contributed by atoms with Gasteiger partial charge < -0.3 is 5.32 Å². The summed E-state index contributed by atoms with van der Waals surface area (Å²) in [6, 6.07) is 2.21. The molecule has 5 heteroatoms. The Bertz CT molecular complexity index is 508. The number of thioether (sulfide) groups is 1. The van der Waals surface area contributed by atoms with Gasteiger partial charge in [-0.05, 0) is 25.7 Å². The number of hydrogen-bond acceptors (Lipinski definition) is 5. The van der Waals surface area contributed by atoms with Gasteiger partial charge in [0.2, 0.25) is 0 Å². The molecule has 0 fully saturated rings. The van der Waals surface area contributed by atoms with Crippen LogP contribution in [0.5, 0.6) is 0 Å². The number of aromatic nitrogens is 2. The van der Waals surface area contributed by atoms with Crippen molar-refractivity contribution in [3.63, 3.8) is 0 Å². The first kappa shape index (κ1) is 12.6. The molecule has 1 N–H and O–H groups in total. The Morgan fingerprint density at radius 2 is 2.18 bits per heavy atom. The third-order valence-corrected chi connectivity index (χ3v) is 4.18. The highest BCUT2D eigenvalue weighted by Crippen LogP contribution is 2.29. The van der Waals surface area contributed by atoms with Gasteiger partial charge in [0.1, 0.15) is 16.5 Å². The zero-order valence-corrected chi connectivity index (χ0v) is 12.0. The SMILES string of the molecule is CCNc1nc(CSC)nc2sc(CC)cc12. The van der Waals surface area contributed by atoms with E-state index in [0.717, 1.165) is 35.2 Å². The number of anilines is 1. The van der Waals surface area contributed by atoms with Crippen LogP contribution in [0.1, 0.15) is 24.5 Å². The van der Waals surface area contributed by atoms with Gasteiger partial charge in [0.15, 0.2) is 0 Å². The highest BCUT2D eigenvalue weighted by atomic mass is 32.2. The van der Waals surface area contributed by atoms with Gasteiger partial charge in [-0.2, -0.15) is 11.8 Å². The molecule has 0 saturated heterocycles. The van der Waals surface area contributed by atoms with E-state index in [-0.39, 0.29) is 0 Å². The lowest BCUT2D eigenvalue weighted by molar-refractivity contribution is 1.06. The standard InChI is InChI=1S/C12H17N3S2/c1-4-8-6-9-11(13-5-2)14-10(7-16-3)15-12(9)17-8/h6H,4-5,7H2,1-3H3,(H,13,14,15). The monoisotopic (exact) mass is 267 g/mol. The molecule has 92 valence electrons. The molecule has 0 bridgehead atoms. The van der Waals surface area contributed by atoms with Crippen molar-refractivity contribution in [2.75, 3.05) is 18.1 Å². The zero-order chi connectivity index (χ0) is 12.3. The molecule has 0 aliphatic rings. The molecule has 0 aliphatic heterocycles. The Balaban J connectivity index is 2.52. The second kappa shape index (κ2) is 5.69. The van der Waals surface area contributed by atoms with Crippen molar-refractivity contribution in [1.82, 2.24) is 9.97 Å². The summed E-state index contributed by atoms with van der Waals surface area (Å²) in [5.41, 5.74) is 0. The minimum Gasteiger partial charge on any atom is -0.370 e. The fourth-order valence-electron chi connectivity index (χ4n) is 1.69. The molecule has 0 amide bonds. The van der Waals surface area contributed by atoms with Crippen LogP contribution in [-0.4, -0.2) is 22.8 Å². The molecule has 0 aliphatic carbocycles. The van der Waals surface area contributed by atoms with Crippen molar-refractivity contribution >= 4 is 39.1 Å². The lowest BCUT2D eigenvalue weighted by atomic mass is 10.3. The van der Waals surface area contributed by atoms with Crippen LogP contribution in [0.3, 0.4) is 0 Å². The molecule has 3 nitrogen and oxygen atoms in total. The number of aryl methyl sites for hydroxylation is 1. The summed E-state index contributed by atoms with van der Waals surface area (Å²) >= 11 is 3.53. The highest BCUT2D eigenvalue weighted by Gasteiger charge is 2.10. The van der Waals surface area contributed by atoms with Gasteiger partial charge >= 0.3 is 0 Å². The first-order valence-corrected chi connectivity index (χ1v) is 8.01. The predicted octanol–water partition coefficient (Wildman–Crippen LogP) is 3.55. The fraction of sp³-hybridized carbons (Fsp3) is 0.500. The average molecular weight is 267 g/mol. The third-order valence-electron chi connectivity index (χ3n) is 2.46. The molecule has 17 heavy (non-hydrogen) atoms. The fourth-order valence-corrected chi connectivity index (χ4v) is 3.06. The third kappa shape index (κ3) is 2.72. The van der Waals surface area contributed by atoms with Crippen molar-refractivity contribution in [3.8, 4) is 0 Å². The summed E-state index contributed by atoms with van der Waals surface area (Å²) in [7, 11) is 0. The molecule has 2 rings (SSSR count). The van der Waals surface area contributed by atoms with Crippen LogP contribution < -0.4 is 5.32 Å². The first-order chi connectivity index (χ1) is 8.28. The van der Waals surface area contributed by atoms with Gasteiger partial charge in [0.05, 0.1) is 11.1 Å². The van der Waals surface area contributed by atoms with Crippen molar-refractivity contribution in [2.45, 2.75) is 26.0 Å². The summed E-state index contributed by atoms with van der Waals surface area (Å²) in [5, 5.41) is 4.50. The zero-order valence-electron chi connectivity index (χ0n) is 10.4. The lowest BCUT2D eigenvalue weighted by Gasteiger charge is -2.05. The lowest BCUT2D eigenvalue weighted by Crippen LogP contribution is -2.03. The molecule has 2 heterocycles. The molecule has 2 aromatic heterocycles. The quantitative estimate of drug-likeness (QED) is 0.899. The van der Waals surface area contributed by atoms with Gasteiger partial charge in [-0.1, -0.05) is 6.92 Å². The summed E-state index contributed by atoms with van der Waals surface area (Å²) in [6.07, 6.45) is 3.14. The second-order valence-electron chi connectivity index (χ2n) is 3.74. The molecule has 0 unspecified atom stereocenters. The van der Waals surface area contributed by atoms with Gasteiger partial charge in [-0.15, -0.1) is 11.3 Å². The normalized spacial score (nSPS) is 11.0. The molecule has 0 radical (unpaired) electrons. The first-order valence-electron chi connectivity index (χ1n) is 5.80. The maximum Gasteiger partial charge on any atom is 0.142 e. The maximum atomic E-state index is 4.62. The van der Waals surface area contributed by atoms with Crippen molar-refractivity contribution in [1.29, 1.82) is 0 Å². The van der Waals surface area contributed by atoms with E-state index in [0.29, 0.717) is 0 Å². The van der Waals surface area contributed by atoms with Gasteiger partial charge in [-0.3, -0.25) is 0 Å². The van der Waals surface area contributed by atoms with Crippen LogP contribution in [0.4, 0.5) is 5.82 Å². The van der Waals surface area contributed by atoms with E-state index in [1.165, 1.54) is 10.3 Å². The summed E-state index contributed by atoms with van der Waals surface area (Å²) < 4.78 is 0. The van der Waals surface area contributed by atoms with Crippen LogP contribution in [0.2, 0.25) is 0 Å². The van der Waals surface area contributed by atoms with Gasteiger partial charge in [0, 0.05) is 11.4 Å². The number of hydrogen-bond donors (Lipinski definition) is 1. The van der Waals surface area contributed by atoms with Crippen molar-refractivity contribution in [2.24, 2.45) is 0 Å². The Kier molecular flexibility index (Phi) is 4.23. The number of fused-ring (bicyclic) bond motifs is 1. The number of nitrogens with zero attached hydrogens (tertiary/aromatic N) is 2. The van der Waals surface area contributed by atoms with Gasteiger partial charge in [-0.25, -0.2) is 9.97 Å². The number of thiophene rings is 1. The van der Waals surface area contributed by atoms with E-state index in [2.05, 4.69) is 41.5 Å². The van der Waals surface area contributed by atoms with E-state index in [9.17, 15) is 0 Å². The van der Waals surface area contributed by atoms with Crippen LogP contribution in [0, 0.1) is 0 Å².